The van der Waals surface area contributed by atoms with Crippen LogP contribution in [0.25, 0.3) is 0 Å². The standard InChI is InChI=1S/C18H26O4S/c19-17(20)15-11-14(12-16(13-15)18(21)22)9-7-5-3-1-2-4-6-8-10-23/h11-13,23H,1-10H2,(H,19,20)(H,21,22). The molecule has 1 rings (SSSR count). The fourth-order valence-corrected chi connectivity index (χ4v) is 2.81. The highest BCUT2D eigenvalue weighted by Crippen LogP contribution is 2.15. The Labute approximate surface area is 143 Å². The number of unbranched alkanes of at least 4 members (excludes halogenated alkanes) is 7. The molecule has 0 heterocycles. The van der Waals surface area contributed by atoms with Crippen molar-refractivity contribution in [3.63, 3.8) is 0 Å². The van der Waals surface area contributed by atoms with Gasteiger partial charge in [-0.2, -0.15) is 12.6 Å². The molecule has 1 aromatic rings. The largest absolute Gasteiger partial charge is 0.478 e. The van der Waals surface area contributed by atoms with Crippen LogP contribution in [-0.4, -0.2) is 27.9 Å². The maximum atomic E-state index is 11.1. The van der Waals surface area contributed by atoms with Crippen molar-refractivity contribution in [1.29, 1.82) is 0 Å². The Bertz CT molecular complexity index is 481. The zero-order chi connectivity index (χ0) is 17.1. The van der Waals surface area contributed by atoms with Gasteiger partial charge in [-0.3, -0.25) is 0 Å². The van der Waals surface area contributed by atoms with Gasteiger partial charge in [0.2, 0.25) is 0 Å². The van der Waals surface area contributed by atoms with Gasteiger partial charge >= 0.3 is 11.9 Å². The second kappa shape index (κ2) is 11.1. The summed E-state index contributed by atoms with van der Waals surface area (Å²) in [6.07, 6.45) is 10.1. The van der Waals surface area contributed by atoms with Gasteiger partial charge in [0.1, 0.15) is 0 Å². The van der Waals surface area contributed by atoms with E-state index in [2.05, 4.69) is 12.6 Å². The lowest BCUT2D eigenvalue weighted by Crippen LogP contribution is -2.04. The summed E-state index contributed by atoms with van der Waals surface area (Å²) >= 11 is 4.19. The SMILES string of the molecule is O=C(O)c1cc(CCCCCCCCCCS)cc(C(=O)O)c1. The number of hydrogen-bond donors (Lipinski definition) is 3. The van der Waals surface area contributed by atoms with E-state index in [0.717, 1.165) is 30.6 Å². The second-order valence-electron chi connectivity index (χ2n) is 5.83. The monoisotopic (exact) mass is 338 g/mol. The van der Waals surface area contributed by atoms with Crippen molar-refractivity contribution in [3.05, 3.63) is 34.9 Å². The number of carboxylic acids is 2. The lowest BCUT2D eigenvalue weighted by atomic mass is 10.00. The van der Waals surface area contributed by atoms with Crippen molar-refractivity contribution in [2.75, 3.05) is 5.75 Å². The minimum Gasteiger partial charge on any atom is -0.478 e. The smallest absolute Gasteiger partial charge is 0.335 e. The Hall–Kier alpha value is -1.49. The van der Waals surface area contributed by atoms with E-state index in [1.807, 2.05) is 0 Å². The van der Waals surface area contributed by atoms with Gasteiger partial charge in [0, 0.05) is 0 Å². The fraction of sp³-hybridized carbons (Fsp3) is 0.556. The maximum Gasteiger partial charge on any atom is 0.335 e. The highest BCUT2D eigenvalue weighted by atomic mass is 32.1. The molecule has 0 radical (unpaired) electrons. The van der Waals surface area contributed by atoms with Gasteiger partial charge in [0.15, 0.2) is 0 Å². The van der Waals surface area contributed by atoms with Crippen LogP contribution in [0.4, 0.5) is 0 Å². The van der Waals surface area contributed by atoms with Crippen LogP contribution >= 0.6 is 12.6 Å². The van der Waals surface area contributed by atoms with Crippen molar-refractivity contribution in [2.45, 2.75) is 57.8 Å². The van der Waals surface area contributed by atoms with E-state index in [9.17, 15) is 9.59 Å². The van der Waals surface area contributed by atoms with Crippen LogP contribution in [0.2, 0.25) is 0 Å². The minimum absolute atomic E-state index is 0.0455. The van der Waals surface area contributed by atoms with Crippen LogP contribution in [-0.2, 0) is 6.42 Å². The number of aromatic carboxylic acids is 2. The lowest BCUT2D eigenvalue weighted by molar-refractivity contribution is 0.0696. The van der Waals surface area contributed by atoms with Crippen LogP contribution < -0.4 is 0 Å². The molecule has 5 heteroatoms. The molecule has 0 aliphatic carbocycles. The van der Waals surface area contributed by atoms with E-state index in [0.29, 0.717) is 0 Å². The summed E-state index contributed by atoms with van der Waals surface area (Å²) in [6.45, 7) is 0. The first-order valence-electron chi connectivity index (χ1n) is 8.26. The topological polar surface area (TPSA) is 74.6 Å². The Morgan fingerprint density at radius 2 is 1.17 bits per heavy atom. The number of carboxylic acid groups (broad SMARTS) is 2. The van der Waals surface area contributed by atoms with Crippen LogP contribution in [0, 0.1) is 0 Å². The molecule has 1 aromatic carbocycles. The molecule has 128 valence electrons. The van der Waals surface area contributed by atoms with Gasteiger partial charge < -0.3 is 10.2 Å². The lowest BCUT2D eigenvalue weighted by Gasteiger charge is -2.06. The molecule has 0 aliphatic rings. The van der Waals surface area contributed by atoms with Crippen LogP contribution in [0.3, 0.4) is 0 Å². The van der Waals surface area contributed by atoms with Crippen LogP contribution in [0.5, 0.6) is 0 Å². The van der Waals surface area contributed by atoms with Crippen molar-refractivity contribution >= 4 is 24.6 Å². The van der Waals surface area contributed by atoms with E-state index in [-0.39, 0.29) is 11.1 Å². The van der Waals surface area contributed by atoms with E-state index in [1.165, 1.54) is 44.6 Å². The molecule has 0 aliphatic heterocycles. The van der Waals surface area contributed by atoms with Crippen LogP contribution in [0.15, 0.2) is 18.2 Å². The summed E-state index contributed by atoms with van der Waals surface area (Å²) in [7, 11) is 0. The van der Waals surface area contributed by atoms with E-state index in [4.69, 9.17) is 10.2 Å². The summed E-state index contributed by atoms with van der Waals surface area (Å²) < 4.78 is 0. The highest BCUT2D eigenvalue weighted by Gasteiger charge is 2.11. The van der Waals surface area contributed by atoms with Gasteiger partial charge in [-0.25, -0.2) is 9.59 Å². The number of rotatable bonds is 12. The Balaban J connectivity index is 2.34. The molecule has 0 amide bonds. The van der Waals surface area contributed by atoms with Gasteiger partial charge in [0.05, 0.1) is 11.1 Å². The average molecular weight is 338 g/mol. The van der Waals surface area contributed by atoms with Crippen molar-refractivity contribution in [3.8, 4) is 0 Å². The molecular formula is C18H26O4S. The second-order valence-corrected chi connectivity index (χ2v) is 6.28. The third kappa shape index (κ3) is 8.07. The van der Waals surface area contributed by atoms with Gasteiger partial charge in [-0.1, -0.05) is 38.5 Å². The number of aryl methyl sites for hydroxylation is 1. The first-order chi connectivity index (χ1) is 11.0. The third-order valence-corrected chi connectivity index (χ3v) is 4.18. The average Bonchev–Trinajstić information content (AvgIpc) is 2.53. The summed E-state index contributed by atoms with van der Waals surface area (Å²) in [4.78, 5) is 22.1. The number of benzene rings is 1. The molecule has 0 bridgehead atoms. The molecule has 4 nitrogen and oxygen atoms in total. The van der Waals surface area contributed by atoms with Crippen molar-refractivity contribution < 1.29 is 19.8 Å². The normalized spacial score (nSPS) is 10.7. The van der Waals surface area contributed by atoms with E-state index in [1.54, 1.807) is 12.1 Å². The summed E-state index contributed by atoms with van der Waals surface area (Å²) in [5.74, 6) is -1.21. The van der Waals surface area contributed by atoms with E-state index < -0.39 is 11.9 Å². The molecule has 0 aromatic heterocycles. The Morgan fingerprint density at radius 3 is 1.61 bits per heavy atom. The first-order valence-corrected chi connectivity index (χ1v) is 8.89. The maximum absolute atomic E-state index is 11.1. The molecule has 0 spiro atoms. The zero-order valence-corrected chi connectivity index (χ0v) is 14.4. The Kier molecular flexibility index (Phi) is 9.45. The predicted octanol–water partition coefficient (Wildman–Crippen LogP) is 4.68. The van der Waals surface area contributed by atoms with Crippen LogP contribution in [0.1, 0.15) is 77.6 Å². The molecule has 0 fully saturated rings. The molecule has 0 saturated heterocycles. The number of hydrogen-bond acceptors (Lipinski definition) is 3. The summed E-state index contributed by atoms with van der Waals surface area (Å²) in [5, 5.41) is 18.1. The third-order valence-electron chi connectivity index (χ3n) is 3.86. The fourth-order valence-electron chi connectivity index (χ4n) is 2.58. The Morgan fingerprint density at radius 1 is 0.739 bits per heavy atom. The van der Waals surface area contributed by atoms with Gasteiger partial charge in [0.25, 0.3) is 0 Å². The molecule has 0 unspecified atom stereocenters. The molecule has 0 atom stereocenters. The molecule has 2 N–H and O–H groups in total. The number of carbonyl (C=O) groups is 2. The molecule has 0 saturated carbocycles. The predicted molar refractivity (Wildman–Crippen MR) is 94.9 cm³/mol. The highest BCUT2D eigenvalue weighted by molar-refractivity contribution is 7.80. The molecular weight excluding hydrogens is 312 g/mol. The van der Waals surface area contributed by atoms with Crippen molar-refractivity contribution in [2.24, 2.45) is 0 Å². The minimum atomic E-state index is -1.09. The first kappa shape index (κ1) is 19.6. The van der Waals surface area contributed by atoms with Gasteiger partial charge in [-0.15, -0.1) is 0 Å². The quantitative estimate of drug-likeness (QED) is 0.382. The van der Waals surface area contributed by atoms with Gasteiger partial charge in [-0.05, 0) is 48.8 Å². The zero-order valence-electron chi connectivity index (χ0n) is 13.5. The molecule has 23 heavy (non-hydrogen) atoms. The van der Waals surface area contributed by atoms with E-state index >= 15 is 0 Å². The summed E-state index contributed by atoms with van der Waals surface area (Å²) in [6, 6.07) is 4.36. The van der Waals surface area contributed by atoms with Crippen molar-refractivity contribution in [1.82, 2.24) is 0 Å². The summed E-state index contributed by atoms with van der Waals surface area (Å²) in [5.41, 5.74) is 0.879. The number of thiol groups is 1.